The van der Waals surface area contributed by atoms with Crippen molar-refractivity contribution in [1.82, 2.24) is 19.9 Å². The van der Waals surface area contributed by atoms with Gasteiger partial charge in [0.25, 0.3) is 0 Å². The first-order valence-electron chi connectivity index (χ1n) is 11.6. The average Bonchev–Trinajstić information content (AvgIpc) is 2.90. The average molecular weight is 505 g/mol. The molecule has 0 amide bonds. The van der Waals surface area contributed by atoms with Gasteiger partial charge in [-0.3, -0.25) is 0 Å². The molecule has 7 nitrogen and oxygen atoms in total. The minimum absolute atomic E-state index is 0.390. The Balaban J connectivity index is 1.27. The number of nitrogens with zero attached hydrogens (tertiary/aromatic N) is 4. The number of anilines is 2. The molecule has 2 heterocycles. The number of benzene rings is 2. The van der Waals surface area contributed by atoms with Crippen LogP contribution in [-0.4, -0.2) is 26.0 Å². The van der Waals surface area contributed by atoms with Crippen molar-refractivity contribution in [3.05, 3.63) is 78.2 Å². The zero-order chi connectivity index (χ0) is 23.9. The van der Waals surface area contributed by atoms with Gasteiger partial charge in [0.1, 0.15) is 5.75 Å². The van der Waals surface area contributed by atoms with Crippen molar-refractivity contribution in [3.63, 3.8) is 0 Å². The van der Waals surface area contributed by atoms with Gasteiger partial charge in [0, 0.05) is 35.2 Å². The summed E-state index contributed by atoms with van der Waals surface area (Å²) >= 11 is 7.68. The van der Waals surface area contributed by atoms with Crippen molar-refractivity contribution in [1.29, 1.82) is 0 Å². The third-order valence-electron chi connectivity index (χ3n) is 5.69. The van der Waals surface area contributed by atoms with Crippen molar-refractivity contribution in [3.8, 4) is 23.0 Å². The van der Waals surface area contributed by atoms with Gasteiger partial charge in [-0.15, -0.1) is 0 Å². The number of aromatic nitrogens is 4. The van der Waals surface area contributed by atoms with Crippen LogP contribution in [-0.2, 0) is 0 Å². The lowest BCUT2D eigenvalue weighted by atomic mass is 9.96. The maximum atomic E-state index is 6.22. The number of nitrogens with one attached hydrogen (secondary N) is 2. The van der Waals surface area contributed by atoms with E-state index in [0.29, 0.717) is 40.0 Å². The first-order chi connectivity index (χ1) is 17.2. The van der Waals surface area contributed by atoms with Gasteiger partial charge in [-0.2, -0.15) is 0 Å². The third-order valence-corrected chi connectivity index (χ3v) is 7.04. The van der Waals surface area contributed by atoms with E-state index in [1.807, 2.05) is 54.6 Å². The Morgan fingerprint density at radius 1 is 0.857 bits per heavy atom. The molecule has 4 aromatic rings. The van der Waals surface area contributed by atoms with E-state index >= 15 is 0 Å². The predicted molar refractivity (Wildman–Crippen MR) is 141 cm³/mol. The summed E-state index contributed by atoms with van der Waals surface area (Å²) in [5.74, 6) is 1.65. The summed E-state index contributed by atoms with van der Waals surface area (Å²) in [4.78, 5) is 18.9. The Labute approximate surface area is 213 Å². The van der Waals surface area contributed by atoms with Crippen LogP contribution in [0.2, 0.25) is 5.02 Å². The Morgan fingerprint density at radius 2 is 1.66 bits per heavy atom. The minimum Gasteiger partial charge on any atom is -0.437 e. The van der Waals surface area contributed by atoms with Crippen molar-refractivity contribution in [2.45, 2.75) is 43.0 Å². The van der Waals surface area contributed by atoms with Crippen LogP contribution in [0.25, 0.3) is 11.4 Å². The number of rotatable bonds is 8. The van der Waals surface area contributed by atoms with Crippen LogP contribution in [0.4, 0.5) is 11.6 Å². The molecule has 1 aliphatic carbocycles. The van der Waals surface area contributed by atoms with E-state index in [0.717, 1.165) is 23.4 Å². The first-order valence-corrected chi connectivity index (χ1v) is 12.8. The third kappa shape index (κ3) is 6.21. The second kappa shape index (κ2) is 11.4. The van der Waals surface area contributed by atoms with Gasteiger partial charge in [0.15, 0.2) is 5.69 Å². The largest absolute Gasteiger partial charge is 0.437 e. The summed E-state index contributed by atoms with van der Waals surface area (Å²) in [5.41, 5.74) is 2.16. The SMILES string of the molecule is Clc1ccccc1SNc1ccc(Oc2nccnc2-c2ccnc(NC3CCCCC3)n2)cc1. The molecule has 0 aliphatic heterocycles. The van der Waals surface area contributed by atoms with Crippen molar-refractivity contribution in [2.24, 2.45) is 0 Å². The highest BCUT2D eigenvalue weighted by molar-refractivity contribution is 8.00. The molecule has 0 bridgehead atoms. The van der Waals surface area contributed by atoms with Crippen molar-refractivity contribution in [2.75, 3.05) is 10.0 Å². The van der Waals surface area contributed by atoms with E-state index in [-0.39, 0.29) is 0 Å². The highest BCUT2D eigenvalue weighted by Gasteiger charge is 2.16. The standard InChI is InChI=1S/C26H25ClN6OS/c27-21-8-4-5-9-23(21)35-33-19-10-12-20(13-11-19)34-25-24(28-16-17-29-25)22-14-15-30-26(32-22)31-18-6-2-1-3-7-18/h4-5,8-18,33H,1-3,6-7H2,(H,30,31,32). The molecule has 2 aromatic carbocycles. The molecule has 1 aliphatic rings. The smallest absolute Gasteiger partial charge is 0.247 e. The molecular weight excluding hydrogens is 480 g/mol. The molecular formula is C26H25ClN6OS. The Morgan fingerprint density at radius 3 is 2.49 bits per heavy atom. The summed E-state index contributed by atoms with van der Waals surface area (Å²) in [6.07, 6.45) is 11.1. The Bertz CT molecular complexity index is 1270. The lowest BCUT2D eigenvalue weighted by Gasteiger charge is -2.22. The minimum atomic E-state index is 0.390. The molecule has 2 aromatic heterocycles. The maximum Gasteiger partial charge on any atom is 0.247 e. The van der Waals surface area contributed by atoms with Crippen molar-refractivity contribution < 1.29 is 4.74 Å². The highest BCUT2D eigenvalue weighted by Crippen LogP contribution is 2.31. The summed E-state index contributed by atoms with van der Waals surface area (Å²) < 4.78 is 9.38. The second-order valence-electron chi connectivity index (χ2n) is 8.22. The Kier molecular flexibility index (Phi) is 7.60. The predicted octanol–water partition coefficient (Wildman–Crippen LogP) is 7.24. The summed E-state index contributed by atoms with van der Waals surface area (Å²) in [7, 11) is 0. The summed E-state index contributed by atoms with van der Waals surface area (Å²) in [5, 5.41) is 4.18. The van der Waals surface area contributed by atoms with Gasteiger partial charge in [-0.1, -0.05) is 43.0 Å². The van der Waals surface area contributed by atoms with E-state index in [1.165, 1.54) is 31.2 Å². The molecule has 5 rings (SSSR count). The number of ether oxygens (including phenoxy) is 1. The molecule has 0 atom stereocenters. The molecule has 1 saturated carbocycles. The molecule has 1 fully saturated rings. The lowest BCUT2D eigenvalue weighted by molar-refractivity contribution is 0.460. The topological polar surface area (TPSA) is 84.8 Å². The van der Waals surface area contributed by atoms with Gasteiger partial charge in [0.05, 0.1) is 10.7 Å². The zero-order valence-electron chi connectivity index (χ0n) is 19.0. The molecule has 0 saturated heterocycles. The molecule has 0 radical (unpaired) electrons. The van der Waals surface area contributed by atoms with Gasteiger partial charge in [-0.05, 0) is 67.3 Å². The van der Waals surface area contributed by atoms with Crippen LogP contribution in [0.3, 0.4) is 0 Å². The van der Waals surface area contributed by atoms with Crippen LogP contribution in [0.1, 0.15) is 32.1 Å². The van der Waals surface area contributed by atoms with Crippen LogP contribution < -0.4 is 14.8 Å². The number of hydrogen-bond donors (Lipinski definition) is 2. The van der Waals surface area contributed by atoms with Crippen LogP contribution in [0.5, 0.6) is 11.6 Å². The summed E-state index contributed by atoms with van der Waals surface area (Å²) in [6.45, 7) is 0. The fourth-order valence-corrected chi connectivity index (χ4v) is 4.84. The molecule has 0 unspecified atom stereocenters. The van der Waals surface area contributed by atoms with Gasteiger partial charge < -0.3 is 14.8 Å². The van der Waals surface area contributed by atoms with E-state index in [2.05, 4.69) is 30.0 Å². The molecule has 2 N–H and O–H groups in total. The highest BCUT2D eigenvalue weighted by atomic mass is 35.5. The first kappa shape index (κ1) is 23.4. The fraction of sp³-hybridized carbons (Fsp3) is 0.231. The van der Waals surface area contributed by atoms with Gasteiger partial charge in [-0.25, -0.2) is 19.9 Å². The van der Waals surface area contributed by atoms with Crippen LogP contribution in [0, 0.1) is 0 Å². The van der Waals surface area contributed by atoms with Crippen LogP contribution >= 0.6 is 23.5 Å². The molecule has 35 heavy (non-hydrogen) atoms. The van der Waals surface area contributed by atoms with Gasteiger partial charge >= 0.3 is 0 Å². The number of hydrogen-bond acceptors (Lipinski definition) is 8. The normalized spacial score (nSPS) is 13.9. The molecule has 178 valence electrons. The van der Waals surface area contributed by atoms with Crippen LogP contribution in [0.15, 0.2) is 78.1 Å². The van der Waals surface area contributed by atoms with E-state index in [9.17, 15) is 0 Å². The fourth-order valence-electron chi connectivity index (χ4n) is 3.91. The zero-order valence-corrected chi connectivity index (χ0v) is 20.6. The lowest BCUT2D eigenvalue weighted by Crippen LogP contribution is -2.23. The van der Waals surface area contributed by atoms with E-state index < -0.39 is 0 Å². The van der Waals surface area contributed by atoms with E-state index in [4.69, 9.17) is 16.3 Å². The number of halogens is 1. The van der Waals surface area contributed by atoms with E-state index in [1.54, 1.807) is 18.6 Å². The summed E-state index contributed by atoms with van der Waals surface area (Å²) in [6, 6.07) is 17.6. The molecule has 0 spiro atoms. The second-order valence-corrected chi connectivity index (χ2v) is 9.47. The monoisotopic (exact) mass is 504 g/mol. The Hall–Kier alpha value is -3.36. The van der Waals surface area contributed by atoms with Crippen molar-refractivity contribution >= 4 is 35.2 Å². The molecule has 9 heteroatoms. The van der Waals surface area contributed by atoms with Gasteiger partial charge in [0.2, 0.25) is 11.8 Å². The maximum absolute atomic E-state index is 6.22. The quantitative estimate of drug-likeness (QED) is 0.243.